The van der Waals surface area contributed by atoms with Gasteiger partial charge < -0.3 is 4.74 Å². The number of nitrogens with zero attached hydrogens (tertiary/aromatic N) is 2. The molecule has 0 spiro atoms. The highest BCUT2D eigenvalue weighted by Gasteiger charge is 2.22. The van der Waals surface area contributed by atoms with Crippen LogP contribution in [0.2, 0.25) is 0 Å². The summed E-state index contributed by atoms with van der Waals surface area (Å²) in [6.45, 7) is 8.14. The van der Waals surface area contributed by atoms with Crippen molar-refractivity contribution in [1.82, 2.24) is 15.1 Å². The van der Waals surface area contributed by atoms with Crippen molar-refractivity contribution in [3.05, 3.63) is 24.5 Å². The second-order valence-electron chi connectivity index (χ2n) is 4.14. The predicted octanol–water partition coefficient (Wildman–Crippen LogP) is 1.27. The molecule has 0 bridgehead atoms. The summed E-state index contributed by atoms with van der Waals surface area (Å²) in [4.78, 5) is 11.5. The van der Waals surface area contributed by atoms with Crippen molar-refractivity contribution in [1.29, 1.82) is 0 Å². The maximum atomic E-state index is 11.5. The smallest absolute Gasteiger partial charge is 0.323 e. The summed E-state index contributed by atoms with van der Waals surface area (Å²) in [5, 5.41) is 7.23. The van der Waals surface area contributed by atoms with Gasteiger partial charge in [-0.25, -0.2) is 4.68 Å². The molecule has 1 heterocycles. The summed E-state index contributed by atoms with van der Waals surface area (Å²) in [6, 6.07) is -0.299. The van der Waals surface area contributed by atoms with Gasteiger partial charge in [0.05, 0.1) is 13.3 Å². The van der Waals surface area contributed by atoms with Crippen LogP contribution >= 0.6 is 0 Å². The van der Waals surface area contributed by atoms with Crippen LogP contribution in [0.3, 0.4) is 0 Å². The molecule has 0 aliphatic rings. The minimum atomic E-state index is -0.299. The number of carbonyl (C=O) groups excluding carboxylic acids is 1. The Kier molecular flexibility index (Phi) is 4.90. The fourth-order valence-corrected chi connectivity index (χ4v) is 1.51. The molecule has 1 aromatic rings. The van der Waals surface area contributed by atoms with Crippen LogP contribution in [-0.4, -0.2) is 28.9 Å². The predicted molar refractivity (Wildman–Crippen MR) is 66.1 cm³/mol. The fraction of sp³-hybridized carbons (Fsp3) is 0.500. The number of aromatic nitrogens is 2. The molecule has 1 rings (SSSR count). The Morgan fingerprint density at radius 3 is 2.88 bits per heavy atom. The standard InChI is InChI=1S/C12H19N3O2/c1-5-15-8-10(7-14-15)6-13-11(9(2)3)12(16)17-4/h5,7-9,11,13H,1,6H2,2-4H3. The summed E-state index contributed by atoms with van der Waals surface area (Å²) in [7, 11) is 1.40. The minimum absolute atomic E-state index is 0.178. The molecule has 0 saturated carbocycles. The maximum absolute atomic E-state index is 11.5. The van der Waals surface area contributed by atoms with E-state index < -0.39 is 0 Å². The Hall–Kier alpha value is -1.62. The van der Waals surface area contributed by atoms with E-state index in [1.54, 1.807) is 17.1 Å². The zero-order chi connectivity index (χ0) is 12.8. The maximum Gasteiger partial charge on any atom is 0.323 e. The quantitative estimate of drug-likeness (QED) is 0.757. The topological polar surface area (TPSA) is 56.2 Å². The molecule has 0 radical (unpaired) electrons. The van der Waals surface area contributed by atoms with E-state index in [2.05, 4.69) is 17.0 Å². The molecule has 1 aromatic heterocycles. The van der Waals surface area contributed by atoms with Crippen LogP contribution in [0.15, 0.2) is 19.0 Å². The van der Waals surface area contributed by atoms with E-state index in [9.17, 15) is 4.79 Å². The van der Waals surface area contributed by atoms with Gasteiger partial charge in [0.15, 0.2) is 0 Å². The van der Waals surface area contributed by atoms with Crippen LogP contribution in [0.25, 0.3) is 6.20 Å². The van der Waals surface area contributed by atoms with Gasteiger partial charge in [-0.15, -0.1) is 0 Å². The lowest BCUT2D eigenvalue weighted by Crippen LogP contribution is -2.41. The number of nitrogens with one attached hydrogen (secondary N) is 1. The van der Waals surface area contributed by atoms with Crippen molar-refractivity contribution < 1.29 is 9.53 Å². The van der Waals surface area contributed by atoms with Crippen molar-refractivity contribution in [3.63, 3.8) is 0 Å². The first-order chi connectivity index (χ1) is 8.08. The first kappa shape index (κ1) is 13.4. The van der Waals surface area contributed by atoms with Crippen molar-refractivity contribution in [2.24, 2.45) is 5.92 Å². The molecule has 17 heavy (non-hydrogen) atoms. The zero-order valence-electron chi connectivity index (χ0n) is 10.5. The molecule has 5 heteroatoms. The summed E-state index contributed by atoms with van der Waals surface area (Å²) in [5.41, 5.74) is 0.999. The molecule has 94 valence electrons. The number of rotatable bonds is 6. The molecule has 0 saturated heterocycles. The molecule has 0 aromatic carbocycles. The molecule has 1 unspecified atom stereocenters. The van der Waals surface area contributed by atoms with Crippen LogP contribution in [0.5, 0.6) is 0 Å². The Bertz CT molecular complexity index is 385. The normalized spacial score (nSPS) is 12.5. The van der Waals surface area contributed by atoms with Crippen molar-refractivity contribution in [2.75, 3.05) is 7.11 Å². The lowest BCUT2D eigenvalue weighted by Gasteiger charge is -2.19. The first-order valence-electron chi connectivity index (χ1n) is 5.55. The Morgan fingerprint density at radius 1 is 1.71 bits per heavy atom. The number of hydrogen-bond acceptors (Lipinski definition) is 4. The molecule has 0 amide bonds. The number of carbonyl (C=O) groups is 1. The summed E-state index contributed by atoms with van der Waals surface area (Å²) < 4.78 is 6.37. The lowest BCUT2D eigenvalue weighted by atomic mass is 10.0. The van der Waals surface area contributed by atoms with Gasteiger partial charge in [0.25, 0.3) is 0 Å². The average molecular weight is 237 g/mol. The van der Waals surface area contributed by atoms with Gasteiger partial charge in [-0.3, -0.25) is 10.1 Å². The fourth-order valence-electron chi connectivity index (χ4n) is 1.51. The Morgan fingerprint density at radius 2 is 2.41 bits per heavy atom. The Labute approximate surface area is 101 Å². The molecule has 1 atom stereocenters. The summed E-state index contributed by atoms with van der Waals surface area (Å²) >= 11 is 0. The number of esters is 1. The van der Waals surface area contributed by atoms with Gasteiger partial charge in [0.2, 0.25) is 0 Å². The molecular weight excluding hydrogens is 218 g/mol. The van der Waals surface area contributed by atoms with Gasteiger partial charge in [0, 0.05) is 24.5 Å². The van der Waals surface area contributed by atoms with Crippen LogP contribution < -0.4 is 5.32 Å². The van der Waals surface area contributed by atoms with Gasteiger partial charge in [-0.1, -0.05) is 20.4 Å². The van der Waals surface area contributed by atoms with E-state index in [4.69, 9.17) is 4.74 Å². The monoisotopic (exact) mass is 237 g/mol. The van der Waals surface area contributed by atoms with E-state index in [0.29, 0.717) is 6.54 Å². The molecule has 0 aliphatic carbocycles. The van der Waals surface area contributed by atoms with Crippen molar-refractivity contribution >= 4 is 12.2 Å². The molecular formula is C12H19N3O2. The van der Waals surface area contributed by atoms with Gasteiger partial charge in [-0.2, -0.15) is 5.10 Å². The van der Waals surface area contributed by atoms with Crippen LogP contribution in [0, 0.1) is 5.92 Å². The lowest BCUT2D eigenvalue weighted by molar-refractivity contribution is -0.144. The number of ether oxygens (including phenoxy) is 1. The highest BCUT2D eigenvalue weighted by molar-refractivity contribution is 5.75. The van der Waals surface area contributed by atoms with Crippen LogP contribution in [-0.2, 0) is 16.1 Å². The third-order valence-corrected chi connectivity index (χ3v) is 2.49. The molecule has 0 fully saturated rings. The first-order valence-corrected chi connectivity index (χ1v) is 5.55. The molecule has 0 aliphatic heterocycles. The number of hydrogen-bond donors (Lipinski definition) is 1. The molecule has 1 N–H and O–H groups in total. The van der Waals surface area contributed by atoms with E-state index >= 15 is 0 Å². The largest absolute Gasteiger partial charge is 0.468 e. The Balaban J connectivity index is 2.57. The second kappa shape index (κ2) is 6.20. The average Bonchev–Trinajstić information content (AvgIpc) is 2.76. The summed E-state index contributed by atoms with van der Waals surface area (Å²) in [6.07, 6.45) is 5.21. The van der Waals surface area contributed by atoms with Crippen LogP contribution in [0.1, 0.15) is 19.4 Å². The zero-order valence-corrected chi connectivity index (χ0v) is 10.5. The van der Waals surface area contributed by atoms with Gasteiger partial charge in [-0.05, 0) is 5.92 Å². The van der Waals surface area contributed by atoms with Gasteiger partial charge in [0.1, 0.15) is 6.04 Å². The summed E-state index contributed by atoms with van der Waals surface area (Å²) in [5.74, 6) is -0.0620. The third-order valence-electron chi connectivity index (χ3n) is 2.49. The van der Waals surface area contributed by atoms with E-state index in [0.717, 1.165) is 5.56 Å². The second-order valence-corrected chi connectivity index (χ2v) is 4.14. The van der Waals surface area contributed by atoms with Crippen LogP contribution in [0.4, 0.5) is 0 Å². The van der Waals surface area contributed by atoms with E-state index in [-0.39, 0.29) is 17.9 Å². The van der Waals surface area contributed by atoms with Crippen molar-refractivity contribution in [3.8, 4) is 0 Å². The van der Waals surface area contributed by atoms with E-state index in [1.165, 1.54) is 7.11 Å². The highest BCUT2D eigenvalue weighted by Crippen LogP contribution is 2.05. The van der Waals surface area contributed by atoms with E-state index in [1.807, 2.05) is 20.0 Å². The van der Waals surface area contributed by atoms with Gasteiger partial charge >= 0.3 is 5.97 Å². The highest BCUT2D eigenvalue weighted by atomic mass is 16.5. The molecule has 5 nitrogen and oxygen atoms in total. The third kappa shape index (κ3) is 3.71. The van der Waals surface area contributed by atoms with Crippen molar-refractivity contribution in [2.45, 2.75) is 26.4 Å². The number of methoxy groups -OCH3 is 1. The minimum Gasteiger partial charge on any atom is -0.468 e. The SMILES string of the molecule is C=Cn1cc(CNC(C(=O)OC)C(C)C)cn1.